The number of urea groups is 1. The highest BCUT2D eigenvalue weighted by Gasteiger charge is 2.17. The minimum absolute atomic E-state index is 0.0530. The monoisotopic (exact) mass is 460 g/mol. The quantitative estimate of drug-likeness (QED) is 0.359. The van der Waals surface area contributed by atoms with E-state index in [1.54, 1.807) is 24.3 Å². The maximum atomic E-state index is 12.9. The lowest BCUT2D eigenvalue weighted by atomic mass is 10.2. The Morgan fingerprint density at radius 1 is 0.853 bits per heavy atom. The van der Waals surface area contributed by atoms with Crippen LogP contribution in [0.2, 0.25) is 0 Å². The summed E-state index contributed by atoms with van der Waals surface area (Å²) in [5.41, 5.74) is 9.11. The van der Waals surface area contributed by atoms with E-state index in [-0.39, 0.29) is 18.5 Å². The van der Waals surface area contributed by atoms with Gasteiger partial charge in [-0.2, -0.15) is 0 Å². The van der Waals surface area contributed by atoms with Gasteiger partial charge < -0.3 is 26.0 Å². The van der Waals surface area contributed by atoms with Crippen LogP contribution in [0.1, 0.15) is 24.0 Å². The van der Waals surface area contributed by atoms with Crippen LogP contribution in [0.15, 0.2) is 78.9 Å². The van der Waals surface area contributed by atoms with Crippen LogP contribution in [-0.2, 0) is 11.4 Å². The third kappa shape index (κ3) is 8.26. The van der Waals surface area contributed by atoms with Crippen LogP contribution in [0, 0.1) is 6.92 Å². The van der Waals surface area contributed by atoms with Gasteiger partial charge in [-0.1, -0.05) is 48.0 Å². The van der Waals surface area contributed by atoms with Crippen molar-refractivity contribution in [3.63, 3.8) is 0 Å². The lowest BCUT2D eigenvalue weighted by Gasteiger charge is -2.23. The fourth-order valence-electron chi connectivity index (χ4n) is 3.29. The fourth-order valence-corrected chi connectivity index (χ4v) is 3.29. The highest BCUT2D eigenvalue weighted by atomic mass is 16.5. The summed E-state index contributed by atoms with van der Waals surface area (Å²) in [5.74, 6) is 0.454. The summed E-state index contributed by atoms with van der Waals surface area (Å²) in [7, 11) is 0. The Balaban J connectivity index is 1.55. The van der Waals surface area contributed by atoms with Crippen LogP contribution >= 0.6 is 0 Å². The number of nitrogens with zero attached hydrogens (tertiary/aromatic N) is 1. The Labute approximate surface area is 200 Å². The van der Waals surface area contributed by atoms with Crippen LogP contribution < -0.4 is 21.1 Å². The summed E-state index contributed by atoms with van der Waals surface area (Å²) in [5, 5.41) is 5.71. The number of carbonyl (C=O) groups is 2. The predicted octanol–water partition coefficient (Wildman–Crippen LogP) is 4.79. The Kier molecular flexibility index (Phi) is 9.49. The molecular formula is C27H32N4O3. The number of carbonyl (C=O) groups excluding carboxylic acids is 2. The Morgan fingerprint density at radius 2 is 1.50 bits per heavy atom. The van der Waals surface area contributed by atoms with E-state index in [1.807, 2.05) is 61.5 Å². The number of unbranched alkanes of at least 4 members (excludes halogenated alkanes) is 1. The molecule has 3 rings (SSSR count). The van der Waals surface area contributed by atoms with Crippen LogP contribution in [0.25, 0.3) is 0 Å². The van der Waals surface area contributed by atoms with E-state index in [1.165, 1.54) is 4.90 Å². The first-order valence-corrected chi connectivity index (χ1v) is 11.4. The molecule has 0 heterocycles. The van der Waals surface area contributed by atoms with Crippen molar-refractivity contribution >= 4 is 23.3 Å². The van der Waals surface area contributed by atoms with Gasteiger partial charge in [0.25, 0.3) is 0 Å². The number of nitrogens with two attached hydrogens (primary N) is 1. The van der Waals surface area contributed by atoms with Gasteiger partial charge in [-0.3, -0.25) is 4.79 Å². The molecule has 34 heavy (non-hydrogen) atoms. The summed E-state index contributed by atoms with van der Waals surface area (Å²) in [4.78, 5) is 27.0. The lowest BCUT2D eigenvalue weighted by Crippen LogP contribution is -2.41. The molecule has 0 aromatic heterocycles. The van der Waals surface area contributed by atoms with Gasteiger partial charge in [0.05, 0.1) is 0 Å². The summed E-state index contributed by atoms with van der Waals surface area (Å²) in [6, 6.07) is 24.3. The molecule has 0 aliphatic heterocycles. The first-order chi connectivity index (χ1) is 16.5. The number of anilines is 2. The minimum atomic E-state index is -0.339. The average Bonchev–Trinajstić information content (AvgIpc) is 2.85. The van der Waals surface area contributed by atoms with Gasteiger partial charge in [-0.05, 0) is 68.3 Å². The van der Waals surface area contributed by atoms with Crippen molar-refractivity contribution in [2.45, 2.75) is 26.4 Å². The molecule has 0 aliphatic carbocycles. The van der Waals surface area contributed by atoms with Crippen molar-refractivity contribution in [1.29, 1.82) is 0 Å². The molecule has 0 radical (unpaired) electrons. The number of benzene rings is 3. The molecule has 3 amide bonds. The second-order valence-electron chi connectivity index (χ2n) is 8.06. The zero-order valence-electron chi connectivity index (χ0n) is 19.5. The average molecular weight is 461 g/mol. The predicted molar refractivity (Wildman–Crippen MR) is 136 cm³/mol. The van der Waals surface area contributed by atoms with E-state index < -0.39 is 0 Å². The van der Waals surface area contributed by atoms with Crippen molar-refractivity contribution in [2.24, 2.45) is 5.73 Å². The molecule has 0 aliphatic rings. The van der Waals surface area contributed by atoms with Crippen LogP contribution in [-0.4, -0.2) is 36.5 Å². The molecule has 0 saturated heterocycles. The molecule has 0 unspecified atom stereocenters. The van der Waals surface area contributed by atoms with Crippen LogP contribution in [0.5, 0.6) is 5.75 Å². The fraction of sp³-hybridized carbons (Fsp3) is 0.259. The number of hydrogen-bond acceptors (Lipinski definition) is 4. The van der Waals surface area contributed by atoms with Gasteiger partial charge in [-0.15, -0.1) is 0 Å². The zero-order chi connectivity index (χ0) is 24.2. The van der Waals surface area contributed by atoms with Crippen LogP contribution in [0.4, 0.5) is 16.2 Å². The van der Waals surface area contributed by atoms with E-state index in [9.17, 15) is 9.59 Å². The first kappa shape index (κ1) is 24.8. The zero-order valence-corrected chi connectivity index (χ0v) is 19.5. The maximum Gasteiger partial charge on any atom is 0.322 e. The standard InChI is InChI=1S/C27H32N4O3/c1-21-9-11-23(12-10-21)29-26(32)19-31(18-6-5-17-28)27(33)30-24-13-15-25(16-14-24)34-20-22-7-3-2-4-8-22/h2-4,7-16H,5-6,17-20,28H2,1H3,(H,29,32)(H,30,33). The third-order valence-electron chi connectivity index (χ3n) is 5.19. The summed E-state index contributed by atoms with van der Waals surface area (Å²) in [6.07, 6.45) is 1.49. The molecule has 7 nitrogen and oxygen atoms in total. The summed E-state index contributed by atoms with van der Waals surface area (Å²) in [6.45, 7) is 3.37. The van der Waals surface area contributed by atoms with E-state index in [4.69, 9.17) is 10.5 Å². The number of ether oxygens (including phenoxy) is 1. The second-order valence-corrected chi connectivity index (χ2v) is 8.06. The molecule has 178 valence electrons. The van der Waals surface area contributed by atoms with E-state index in [2.05, 4.69) is 10.6 Å². The van der Waals surface area contributed by atoms with Crippen molar-refractivity contribution in [2.75, 3.05) is 30.3 Å². The van der Waals surface area contributed by atoms with Gasteiger partial charge in [-0.25, -0.2) is 4.79 Å². The molecule has 0 fully saturated rings. The number of hydrogen-bond donors (Lipinski definition) is 3. The Morgan fingerprint density at radius 3 is 2.18 bits per heavy atom. The van der Waals surface area contributed by atoms with E-state index in [0.717, 1.165) is 17.5 Å². The normalized spacial score (nSPS) is 10.4. The summed E-state index contributed by atoms with van der Waals surface area (Å²) < 4.78 is 5.79. The third-order valence-corrected chi connectivity index (χ3v) is 5.19. The Hall–Kier alpha value is -3.84. The smallest absolute Gasteiger partial charge is 0.322 e. The number of aryl methyl sites for hydroxylation is 1. The SMILES string of the molecule is Cc1ccc(NC(=O)CN(CCCCN)C(=O)Nc2ccc(OCc3ccccc3)cc2)cc1. The second kappa shape index (κ2) is 13.0. The molecule has 4 N–H and O–H groups in total. The molecule has 0 atom stereocenters. The van der Waals surface area contributed by atoms with Gasteiger partial charge in [0, 0.05) is 17.9 Å². The van der Waals surface area contributed by atoms with Gasteiger partial charge in [0.2, 0.25) is 5.91 Å². The highest BCUT2D eigenvalue weighted by Crippen LogP contribution is 2.18. The molecule has 0 spiro atoms. The maximum absolute atomic E-state index is 12.9. The van der Waals surface area contributed by atoms with Gasteiger partial charge >= 0.3 is 6.03 Å². The molecular weight excluding hydrogens is 428 g/mol. The summed E-state index contributed by atoms with van der Waals surface area (Å²) >= 11 is 0. The molecule has 7 heteroatoms. The molecule has 3 aromatic carbocycles. The van der Waals surface area contributed by atoms with Gasteiger partial charge in [0.15, 0.2) is 0 Å². The van der Waals surface area contributed by atoms with E-state index in [0.29, 0.717) is 43.2 Å². The number of rotatable bonds is 11. The van der Waals surface area contributed by atoms with E-state index >= 15 is 0 Å². The largest absolute Gasteiger partial charge is 0.489 e. The highest BCUT2D eigenvalue weighted by molar-refractivity contribution is 5.97. The number of amides is 3. The van der Waals surface area contributed by atoms with Crippen molar-refractivity contribution in [1.82, 2.24) is 4.90 Å². The van der Waals surface area contributed by atoms with Crippen molar-refractivity contribution in [3.8, 4) is 5.75 Å². The van der Waals surface area contributed by atoms with Crippen LogP contribution in [0.3, 0.4) is 0 Å². The first-order valence-electron chi connectivity index (χ1n) is 11.4. The Bertz CT molecular complexity index is 1040. The molecule has 0 saturated carbocycles. The number of nitrogens with one attached hydrogen (secondary N) is 2. The topological polar surface area (TPSA) is 96.7 Å². The molecule has 3 aromatic rings. The van der Waals surface area contributed by atoms with Crippen molar-refractivity contribution < 1.29 is 14.3 Å². The van der Waals surface area contributed by atoms with Gasteiger partial charge in [0.1, 0.15) is 18.9 Å². The van der Waals surface area contributed by atoms with Crippen molar-refractivity contribution in [3.05, 3.63) is 90.0 Å². The molecule has 0 bridgehead atoms. The lowest BCUT2D eigenvalue weighted by molar-refractivity contribution is -0.116. The minimum Gasteiger partial charge on any atom is -0.489 e.